The van der Waals surface area contributed by atoms with E-state index in [1.54, 1.807) is 0 Å². The average Bonchev–Trinajstić information content (AvgIpc) is 2.41. The first kappa shape index (κ1) is 13.0. The highest BCUT2D eigenvalue weighted by Gasteiger charge is 2.08. The molecule has 0 heterocycles. The maximum absolute atomic E-state index is 5.90. The third-order valence-electron chi connectivity index (χ3n) is 3.17. The molecule has 0 saturated carbocycles. The summed E-state index contributed by atoms with van der Waals surface area (Å²) in [6.45, 7) is 5.22. The van der Waals surface area contributed by atoms with Crippen LogP contribution in [-0.4, -0.2) is 6.54 Å². The number of aryl methyl sites for hydroxylation is 1. The Kier molecular flexibility index (Phi) is 4.27. The van der Waals surface area contributed by atoms with Gasteiger partial charge < -0.3 is 4.90 Å². The van der Waals surface area contributed by atoms with Gasteiger partial charge in [0.25, 0.3) is 0 Å². The standard InChI is InChI=1S/C16H18ClN/c1-3-18(15-7-5-4-6-8-15)16-10-9-14(12-17)13(2)11-16/h4-11H,3,12H2,1-2H3. The molecule has 0 aromatic heterocycles. The highest BCUT2D eigenvalue weighted by atomic mass is 35.5. The topological polar surface area (TPSA) is 3.24 Å². The van der Waals surface area contributed by atoms with Crippen molar-refractivity contribution in [2.45, 2.75) is 19.7 Å². The summed E-state index contributed by atoms with van der Waals surface area (Å²) in [5.74, 6) is 0.573. The molecule has 2 rings (SSSR count). The maximum Gasteiger partial charge on any atom is 0.0476 e. The van der Waals surface area contributed by atoms with E-state index in [1.807, 2.05) is 6.07 Å². The van der Waals surface area contributed by atoms with Crippen LogP contribution in [0.5, 0.6) is 0 Å². The van der Waals surface area contributed by atoms with E-state index < -0.39 is 0 Å². The molecule has 2 heteroatoms. The normalized spacial score (nSPS) is 10.4. The van der Waals surface area contributed by atoms with Crippen molar-refractivity contribution in [3.05, 3.63) is 59.7 Å². The fraction of sp³-hybridized carbons (Fsp3) is 0.250. The molecule has 0 aliphatic rings. The quantitative estimate of drug-likeness (QED) is 0.707. The summed E-state index contributed by atoms with van der Waals surface area (Å²) in [5, 5.41) is 0. The number of hydrogen-bond donors (Lipinski definition) is 0. The van der Waals surface area contributed by atoms with Crippen molar-refractivity contribution in [3.8, 4) is 0 Å². The van der Waals surface area contributed by atoms with Crippen molar-refractivity contribution >= 4 is 23.0 Å². The van der Waals surface area contributed by atoms with E-state index in [2.05, 4.69) is 61.2 Å². The number of anilines is 2. The number of nitrogens with zero attached hydrogens (tertiary/aromatic N) is 1. The molecule has 0 radical (unpaired) electrons. The third-order valence-corrected chi connectivity index (χ3v) is 3.45. The lowest BCUT2D eigenvalue weighted by molar-refractivity contribution is 1.02. The van der Waals surface area contributed by atoms with Crippen LogP contribution in [0.4, 0.5) is 11.4 Å². The number of benzene rings is 2. The van der Waals surface area contributed by atoms with Gasteiger partial charge in [-0.1, -0.05) is 24.3 Å². The van der Waals surface area contributed by atoms with E-state index in [0.717, 1.165) is 6.54 Å². The first-order valence-electron chi connectivity index (χ1n) is 6.24. The van der Waals surface area contributed by atoms with Gasteiger partial charge in [0.05, 0.1) is 0 Å². The number of para-hydroxylation sites is 1. The zero-order chi connectivity index (χ0) is 13.0. The average molecular weight is 260 g/mol. The van der Waals surface area contributed by atoms with Crippen LogP contribution in [-0.2, 0) is 5.88 Å². The van der Waals surface area contributed by atoms with Gasteiger partial charge in [-0.25, -0.2) is 0 Å². The molecule has 0 saturated heterocycles. The lowest BCUT2D eigenvalue weighted by atomic mass is 10.1. The molecule has 2 aromatic carbocycles. The van der Waals surface area contributed by atoms with Crippen molar-refractivity contribution in [2.75, 3.05) is 11.4 Å². The highest BCUT2D eigenvalue weighted by Crippen LogP contribution is 2.27. The van der Waals surface area contributed by atoms with Gasteiger partial charge in [0.2, 0.25) is 0 Å². The van der Waals surface area contributed by atoms with E-state index in [0.29, 0.717) is 5.88 Å². The maximum atomic E-state index is 5.90. The zero-order valence-electron chi connectivity index (χ0n) is 10.9. The summed E-state index contributed by atoms with van der Waals surface area (Å²) in [6.07, 6.45) is 0. The van der Waals surface area contributed by atoms with E-state index in [4.69, 9.17) is 11.6 Å². The van der Waals surface area contributed by atoms with Crippen LogP contribution < -0.4 is 4.90 Å². The van der Waals surface area contributed by atoms with E-state index in [1.165, 1.54) is 22.5 Å². The fourth-order valence-electron chi connectivity index (χ4n) is 2.12. The van der Waals surface area contributed by atoms with Crippen LogP contribution in [0.3, 0.4) is 0 Å². The lowest BCUT2D eigenvalue weighted by Crippen LogP contribution is -2.16. The number of hydrogen-bond acceptors (Lipinski definition) is 1. The van der Waals surface area contributed by atoms with Crippen molar-refractivity contribution < 1.29 is 0 Å². The van der Waals surface area contributed by atoms with Crippen molar-refractivity contribution in [1.29, 1.82) is 0 Å². The molecule has 18 heavy (non-hydrogen) atoms. The summed E-state index contributed by atoms with van der Waals surface area (Å²) in [5.41, 5.74) is 4.88. The van der Waals surface area contributed by atoms with Gasteiger partial charge in [-0.3, -0.25) is 0 Å². The second-order valence-electron chi connectivity index (χ2n) is 4.32. The zero-order valence-corrected chi connectivity index (χ0v) is 11.6. The Morgan fingerprint density at radius 2 is 1.72 bits per heavy atom. The molecule has 1 nitrogen and oxygen atoms in total. The Hall–Kier alpha value is -1.47. The monoisotopic (exact) mass is 259 g/mol. The smallest absolute Gasteiger partial charge is 0.0476 e. The molecule has 2 aromatic rings. The summed E-state index contributed by atoms with van der Waals surface area (Å²) in [6, 6.07) is 16.9. The van der Waals surface area contributed by atoms with Gasteiger partial charge in [-0.15, -0.1) is 11.6 Å². The number of alkyl halides is 1. The molecule has 0 spiro atoms. The van der Waals surface area contributed by atoms with E-state index in [-0.39, 0.29) is 0 Å². The second-order valence-corrected chi connectivity index (χ2v) is 4.59. The molecule has 94 valence electrons. The number of halogens is 1. The minimum Gasteiger partial charge on any atom is -0.342 e. The summed E-state index contributed by atoms with van der Waals surface area (Å²) in [7, 11) is 0. The first-order valence-corrected chi connectivity index (χ1v) is 6.77. The Morgan fingerprint density at radius 1 is 1.00 bits per heavy atom. The second kappa shape index (κ2) is 5.92. The van der Waals surface area contributed by atoms with E-state index >= 15 is 0 Å². The fourth-order valence-corrected chi connectivity index (χ4v) is 2.42. The van der Waals surface area contributed by atoms with Gasteiger partial charge >= 0.3 is 0 Å². The molecule has 0 aliphatic heterocycles. The van der Waals surface area contributed by atoms with Crippen LogP contribution in [0.15, 0.2) is 48.5 Å². The van der Waals surface area contributed by atoms with Crippen LogP contribution in [0.25, 0.3) is 0 Å². The minimum absolute atomic E-state index is 0.573. The van der Waals surface area contributed by atoms with Gasteiger partial charge in [-0.05, 0) is 49.2 Å². The lowest BCUT2D eigenvalue weighted by Gasteiger charge is -2.24. The molecule has 0 unspecified atom stereocenters. The Morgan fingerprint density at radius 3 is 2.28 bits per heavy atom. The largest absolute Gasteiger partial charge is 0.342 e. The minimum atomic E-state index is 0.573. The predicted octanol–water partition coefficient (Wildman–Crippen LogP) is 4.89. The van der Waals surface area contributed by atoms with Crippen LogP contribution in [0.2, 0.25) is 0 Å². The molecular weight excluding hydrogens is 242 g/mol. The molecular formula is C16H18ClN. The molecule has 0 atom stereocenters. The first-order chi connectivity index (χ1) is 8.76. The van der Waals surface area contributed by atoms with Crippen LogP contribution in [0, 0.1) is 6.92 Å². The van der Waals surface area contributed by atoms with Crippen molar-refractivity contribution in [3.63, 3.8) is 0 Å². The van der Waals surface area contributed by atoms with Crippen molar-refractivity contribution in [2.24, 2.45) is 0 Å². The van der Waals surface area contributed by atoms with Gasteiger partial charge in [0.15, 0.2) is 0 Å². The van der Waals surface area contributed by atoms with Crippen molar-refractivity contribution in [1.82, 2.24) is 0 Å². The van der Waals surface area contributed by atoms with Gasteiger partial charge in [0, 0.05) is 23.8 Å². The summed E-state index contributed by atoms with van der Waals surface area (Å²) in [4.78, 5) is 2.30. The SMILES string of the molecule is CCN(c1ccccc1)c1ccc(CCl)c(C)c1. The van der Waals surface area contributed by atoms with E-state index in [9.17, 15) is 0 Å². The number of rotatable bonds is 4. The molecule has 0 aliphatic carbocycles. The summed E-state index contributed by atoms with van der Waals surface area (Å²) < 4.78 is 0. The molecule has 0 bridgehead atoms. The molecule has 0 amide bonds. The Bertz CT molecular complexity index is 508. The third kappa shape index (κ3) is 2.68. The predicted molar refractivity (Wildman–Crippen MR) is 79.9 cm³/mol. The molecule has 0 N–H and O–H groups in total. The Labute approximate surface area is 114 Å². The van der Waals surface area contributed by atoms with Gasteiger partial charge in [0.1, 0.15) is 0 Å². The van der Waals surface area contributed by atoms with Gasteiger partial charge in [-0.2, -0.15) is 0 Å². The summed E-state index contributed by atoms with van der Waals surface area (Å²) >= 11 is 5.90. The van der Waals surface area contributed by atoms with Crippen LogP contribution >= 0.6 is 11.6 Å². The van der Waals surface area contributed by atoms with Crippen LogP contribution in [0.1, 0.15) is 18.1 Å². The molecule has 0 fully saturated rings. The Balaban J connectivity index is 2.37. The highest BCUT2D eigenvalue weighted by molar-refractivity contribution is 6.17.